The topological polar surface area (TPSA) is 98.3 Å². The van der Waals surface area contributed by atoms with Gasteiger partial charge in [0.15, 0.2) is 0 Å². The van der Waals surface area contributed by atoms with Gasteiger partial charge in [-0.1, -0.05) is 17.3 Å². The van der Waals surface area contributed by atoms with E-state index in [2.05, 4.69) is 20.6 Å². The Morgan fingerprint density at radius 3 is 2.46 bits per heavy atom. The number of carbonyl (C=O) groups is 1. The van der Waals surface area contributed by atoms with Crippen LogP contribution in [0, 0.1) is 0 Å². The summed E-state index contributed by atoms with van der Waals surface area (Å²) in [4.78, 5) is 18.7. The van der Waals surface area contributed by atoms with Gasteiger partial charge in [-0.25, -0.2) is 0 Å². The summed E-state index contributed by atoms with van der Waals surface area (Å²) in [7, 11) is 5.57. The Balaban J connectivity index is 1.44. The summed E-state index contributed by atoms with van der Waals surface area (Å²) in [6.45, 7) is 1.30. The zero-order chi connectivity index (χ0) is 26.6. The quantitative estimate of drug-likeness (QED) is 0.360. The first-order chi connectivity index (χ1) is 17.6. The van der Waals surface area contributed by atoms with Gasteiger partial charge >= 0.3 is 6.18 Å². The lowest BCUT2D eigenvalue weighted by Gasteiger charge is -2.10. The van der Waals surface area contributed by atoms with Crippen molar-refractivity contribution >= 4 is 5.91 Å². The summed E-state index contributed by atoms with van der Waals surface area (Å²) in [5, 5.41) is 11.1. The van der Waals surface area contributed by atoms with E-state index in [1.54, 1.807) is 42.2 Å². The molecule has 1 N–H and O–H groups in total. The molecule has 2 aromatic carbocycles. The molecular weight excluding hydrogens is 489 g/mol. The largest absolute Gasteiger partial charge is 0.487 e. The van der Waals surface area contributed by atoms with Gasteiger partial charge in [-0.2, -0.15) is 23.3 Å². The van der Waals surface area contributed by atoms with Crippen molar-refractivity contribution in [2.24, 2.45) is 7.05 Å². The Morgan fingerprint density at radius 1 is 1.11 bits per heavy atom. The van der Waals surface area contributed by atoms with Crippen LogP contribution in [-0.4, -0.2) is 57.9 Å². The van der Waals surface area contributed by atoms with Crippen molar-refractivity contribution in [2.45, 2.75) is 12.8 Å². The molecule has 0 aliphatic carbocycles. The first-order valence-corrected chi connectivity index (χ1v) is 11.3. The third kappa shape index (κ3) is 6.33. The Hall–Kier alpha value is -4.19. The average Bonchev–Trinajstić information content (AvgIpc) is 3.49. The van der Waals surface area contributed by atoms with E-state index in [9.17, 15) is 18.0 Å². The number of nitrogens with zero attached hydrogens (tertiary/aromatic N) is 5. The Kier molecular flexibility index (Phi) is 7.58. The SMILES string of the molecule is CN(C)CCNC(=O)c1ccc(-c2noc(-c3cnn(C)c3COc3ccc(C(F)(F)F)cc3)n2)cc1. The van der Waals surface area contributed by atoms with Gasteiger partial charge in [-0.05, 0) is 50.5 Å². The zero-order valence-corrected chi connectivity index (χ0v) is 20.4. The number of aromatic nitrogens is 4. The molecule has 0 aliphatic heterocycles. The highest BCUT2D eigenvalue weighted by atomic mass is 19.4. The predicted octanol–water partition coefficient (Wildman–Crippen LogP) is 4.03. The minimum Gasteiger partial charge on any atom is -0.487 e. The standard InChI is InChI=1S/C25H25F3N6O3/c1-33(2)13-12-29-23(35)17-6-4-16(5-7-17)22-31-24(37-32-22)20-14-30-34(3)21(20)15-36-19-10-8-18(9-11-19)25(26,27)28/h4-11,14H,12-13,15H2,1-3H3,(H,29,35). The van der Waals surface area contributed by atoms with Gasteiger partial charge in [0.25, 0.3) is 11.8 Å². The van der Waals surface area contributed by atoms with Crippen LogP contribution < -0.4 is 10.1 Å². The molecule has 0 aliphatic rings. The predicted molar refractivity (Wildman–Crippen MR) is 129 cm³/mol. The summed E-state index contributed by atoms with van der Waals surface area (Å²) >= 11 is 0. The number of hydrogen-bond donors (Lipinski definition) is 1. The molecule has 194 valence electrons. The van der Waals surface area contributed by atoms with Gasteiger partial charge in [0.2, 0.25) is 5.82 Å². The van der Waals surface area contributed by atoms with Crippen molar-refractivity contribution in [1.82, 2.24) is 30.1 Å². The second-order valence-electron chi connectivity index (χ2n) is 8.50. The normalized spacial score (nSPS) is 11.6. The second kappa shape index (κ2) is 10.8. The van der Waals surface area contributed by atoms with Gasteiger partial charge in [0.1, 0.15) is 12.4 Å². The third-order valence-electron chi connectivity index (χ3n) is 5.53. The minimum atomic E-state index is -4.41. The number of alkyl halides is 3. The molecule has 4 rings (SSSR count). The van der Waals surface area contributed by atoms with Crippen molar-refractivity contribution < 1.29 is 27.2 Å². The van der Waals surface area contributed by atoms with E-state index in [4.69, 9.17) is 9.26 Å². The molecule has 0 saturated carbocycles. The van der Waals surface area contributed by atoms with Crippen molar-refractivity contribution in [3.05, 3.63) is 71.5 Å². The monoisotopic (exact) mass is 514 g/mol. The summed E-state index contributed by atoms with van der Waals surface area (Å²) in [5.74, 6) is 0.639. The Bertz CT molecular complexity index is 1350. The van der Waals surface area contributed by atoms with Gasteiger partial charge in [0.05, 0.1) is 23.0 Å². The molecule has 2 heterocycles. The lowest BCUT2D eigenvalue weighted by atomic mass is 10.1. The molecule has 0 atom stereocenters. The maximum atomic E-state index is 12.8. The zero-order valence-electron chi connectivity index (χ0n) is 20.4. The molecule has 1 amide bonds. The van der Waals surface area contributed by atoms with Gasteiger partial charge in [0, 0.05) is 31.3 Å². The third-order valence-corrected chi connectivity index (χ3v) is 5.53. The first kappa shape index (κ1) is 25.9. The molecule has 9 nitrogen and oxygen atoms in total. The van der Waals surface area contributed by atoms with Gasteiger partial charge < -0.3 is 19.5 Å². The van der Waals surface area contributed by atoms with E-state index in [0.29, 0.717) is 34.8 Å². The van der Waals surface area contributed by atoms with Crippen LogP contribution in [0.3, 0.4) is 0 Å². The Morgan fingerprint density at radius 2 is 1.81 bits per heavy atom. The molecule has 0 saturated heterocycles. The second-order valence-corrected chi connectivity index (χ2v) is 8.50. The van der Waals surface area contributed by atoms with E-state index >= 15 is 0 Å². The van der Waals surface area contributed by atoms with Gasteiger partial charge in [-0.3, -0.25) is 9.48 Å². The van der Waals surface area contributed by atoms with Crippen molar-refractivity contribution in [1.29, 1.82) is 0 Å². The van der Waals surface area contributed by atoms with Crippen molar-refractivity contribution in [3.8, 4) is 28.6 Å². The van der Waals surface area contributed by atoms with Crippen LogP contribution in [-0.2, 0) is 19.8 Å². The Labute approximate surface area is 210 Å². The van der Waals surface area contributed by atoms with E-state index in [1.807, 2.05) is 19.0 Å². The molecule has 0 unspecified atom stereocenters. The number of hydrogen-bond acceptors (Lipinski definition) is 7. The number of aryl methyl sites for hydroxylation is 1. The molecule has 0 spiro atoms. The number of amides is 1. The summed E-state index contributed by atoms with van der Waals surface area (Å²) in [6.07, 6.45) is -2.87. The lowest BCUT2D eigenvalue weighted by Crippen LogP contribution is -2.31. The number of rotatable bonds is 9. The fourth-order valence-electron chi connectivity index (χ4n) is 3.42. The van der Waals surface area contributed by atoms with Crippen LogP contribution in [0.2, 0.25) is 0 Å². The number of carbonyl (C=O) groups excluding carboxylic acids is 1. The van der Waals surface area contributed by atoms with Crippen LogP contribution >= 0.6 is 0 Å². The lowest BCUT2D eigenvalue weighted by molar-refractivity contribution is -0.137. The highest BCUT2D eigenvalue weighted by Gasteiger charge is 2.30. The summed E-state index contributed by atoms with van der Waals surface area (Å²) < 4.78 is 51.0. The highest BCUT2D eigenvalue weighted by Crippen LogP contribution is 2.31. The molecule has 2 aromatic heterocycles. The minimum absolute atomic E-state index is 0.0204. The van der Waals surface area contributed by atoms with E-state index in [-0.39, 0.29) is 24.2 Å². The fourth-order valence-corrected chi connectivity index (χ4v) is 3.42. The van der Waals surface area contributed by atoms with Crippen LogP contribution in [0.4, 0.5) is 13.2 Å². The maximum absolute atomic E-state index is 12.8. The smallest absolute Gasteiger partial charge is 0.416 e. The number of likely N-dealkylation sites (N-methyl/N-ethyl adjacent to an activating group) is 1. The molecular formula is C25H25F3N6O3. The van der Waals surface area contributed by atoms with Crippen molar-refractivity contribution in [3.63, 3.8) is 0 Å². The van der Waals surface area contributed by atoms with Crippen LogP contribution in [0.15, 0.2) is 59.3 Å². The highest BCUT2D eigenvalue weighted by molar-refractivity contribution is 5.94. The maximum Gasteiger partial charge on any atom is 0.416 e. The molecule has 4 aromatic rings. The average molecular weight is 515 g/mol. The molecule has 0 bridgehead atoms. The van der Waals surface area contributed by atoms with Crippen LogP contribution in [0.5, 0.6) is 5.75 Å². The van der Waals surface area contributed by atoms with E-state index < -0.39 is 11.7 Å². The number of nitrogens with one attached hydrogen (secondary N) is 1. The molecule has 0 radical (unpaired) electrons. The molecule has 37 heavy (non-hydrogen) atoms. The fraction of sp³-hybridized carbons (Fsp3) is 0.280. The van der Waals surface area contributed by atoms with Crippen molar-refractivity contribution in [2.75, 3.05) is 27.2 Å². The summed E-state index contributed by atoms with van der Waals surface area (Å²) in [5.41, 5.74) is 1.55. The molecule has 12 heteroatoms. The first-order valence-electron chi connectivity index (χ1n) is 11.3. The number of benzene rings is 2. The number of ether oxygens (including phenoxy) is 1. The summed E-state index contributed by atoms with van der Waals surface area (Å²) in [6, 6.07) is 11.3. The van der Waals surface area contributed by atoms with Crippen LogP contribution in [0.25, 0.3) is 22.8 Å². The van der Waals surface area contributed by atoms with E-state index in [1.165, 1.54) is 12.1 Å². The molecule has 0 fully saturated rings. The van der Waals surface area contributed by atoms with Crippen LogP contribution in [0.1, 0.15) is 21.6 Å². The van der Waals surface area contributed by atoms with E-state index in [0.717, 1.165) is 18.7 Å². The number of halogens is 3. The van der Waals surface area contributed by atoms with Gasteiger partial charge in [-0.15, -0.1) is 0 Å².